The quantitative estimate of drug-likeness (QED) is 0.107. The molecule has 1 aromatic heterocycles. The number of carbonyl (C=O) groups excluding carboxylic acids is 2. The van der Waals surface area contributed by atoms with E-state index in [1.54, 1.807) is 30.0 Å². The van der Waals surface area contributed by atoms with Crippen molar-refractivity contribution in [3.63, 3.8) is 0 Å². The lowest BCUT2D eigenvalue weighted by molar-refractivity contribution is -0.697. The third-order valence-corrected chi connectivity index (χ3v) is 11.5. The van der Waals surface area contributed by atoms with Crippen molar-refractivity contribution in [1.29, 1.82) is 0 Å². The van der Waals surface area contributed by atoms with Gasteiger partial charge in [0.15, 0.2) is 12.4 Å². The molecule has 224 valence electrons. The molecule has 1 fully saturated rings. The maximum absolute atomic E-state index is 13.0. The normalized spacial score (nSPS) is 18.0. The molecule has 2 amide bonds. The summed E-state index contributed by atoms with van der Waals surface area (Å²) in [5.74, 6) is -0.333. The fourth-order valence-corrected chi connectivity index (χ4v) is 8.74. The number of halogens is 2. The number of benzene rings is 1. The van der Waals surface area contributed by atoms with Crippen LogP contribution in [0.3, 0.4) is 0 Å². The molecule has 3 N–H and O–H groups in total. The maximum atomic E-state index is 13.0. The Balaban J connectivity index is 1.27. The van der Waals surface area contributed by atoms with Crippen LogP contribution in [0.15, 0.2) is 63.8 Å². The Morgan fingerprint density at radius 1 is 1.10 bits per heavy atom. The molecule has 1 saturated heterocycles. The minimum Gasteiger partial charge on any atom is -0.481 e. The molecule has 3 heterocycles. The second-order valence-corrected chi connectivity index (χ2v) is 14.5. The van der Waals surface area contributed by atoms with Gasteiger partial charge in [0.2, 0.25) is 5.91 Å². The Morgan fingerprint density at radius 2 is 1.86 bits per heavy atom. The maximum Gasteiger partial charge on any atom is 0.352 e. The van der Waals surface area contributed by atoms with E-state index in [9.17, 15) is 24.3 Å². The van der Waals surface area contributed by atoms with Crippen LogP contribution in [-0.2, 0) is 25.7 Å². The first-order valence-electron chi connectivity index (χ1n) is 12.8. The Morgan fingerprint density at radius 3 is 2.57 bits per heavy atom. The number of aromatic nitrogens is 1. The molecule has 0 radical (unpaired) electrons. The van der Waals surface area contributed by atoms with Gasteiger partial charge in [0.25, 0.3) is 5.91 Å². The number of rotatable bonds is 15. The van der Waals surface area contributed by atoms with Crippen LogP contribution in [0.1, 0.15) is 12.8 Å². The molecule has 15 heteroatoms. The van der Waals surface area contributed by atoms with E-state index in [-0.39, 0.29) is 23.8 Å². The lowest BCUT2D eigenvalue weighted by Crippen LogP contribution is -2.70. The van der Waals surface area contributed by atoms with E-state index in [0.717, 1.165) is 23.6 Å². The third-order valence-electron chi connectivity index (χ3n) is 6.26. The molecular weight excluding hydrogens is 661 g/mol. The van der Waals surface area contributed by atoms with Gasteiger partial charge in [-0.05, 0) is 29.5 Å². The van der Waals surface area contributed by atoms with Crippen LogP contribution < -0.4 is 9.88 Å². The van der Waals surface area contributed by atoms with E-state index in [4.69, 9.17) is 28.3 Å². The first-order chi connectivity index (χ1) is 20.1. The smallest absolute Gasteiger partial charge is 0.352 e. The summed E-state index contributed by atoms with van der Waals surface area (Å²) in [7, 11) is 0. The number of nitrogens with zero attached hydrogens (tertiary/aromatic N) is 2. The van der Waals surface area contributed by atoms with Gasteiger partial charge in [-0.15, -0.1) is 35.3 Å². The average molecular weight is 690 g/mol. The summed E-state index contributed by atoms with van der Waals surface area (Å²) in [5.41, 5.74) is 0.654. The van der Waals surface area contributed by atoms with Crippen molar-refractivity contribution in [2.75, 3.05) is 28.8 Å². The summed E-state index contributed by atoms with van der Waals surface area (Å²) >= 11 is 17.9. The SMILES string of the molecule is O=C(O)CCSCCC[n+]1ccc(SCC2=C(C(=O)O)N3C(=O)[C@H](NC(=O)CSc4cc(Cl)ccc4Cl)[C@H]3SC2)cc1. The number of amides is 2. The highest BCUT2D eigenvalue weighted by Gasteiger charge is 2.54. The van der Waals surface area contributed by atoms with Crippen LogP contribution in [-0.4, -0.2) is 79.0 Å². The monoisotopic (exact) mass is 688 g/mol. The van der Waals surface area contributed by atoms with Gasteiger partial charge in [0, 0.05) is 50.6 Å². The van der Waals surface area contributed by atoms with Crippen molar-refractivity contribution >= 4 is 94.0 Å². The largest absolute Gasteiger partial charge is 0.481 e. The highest BCUT2D eigenvalue weighted by molar-refractivity contribution is 8.01. The van der Waals surface area contributed by atoms with E-state index in [2.05, 4.69) is 9.88 Å². The van der Waals surface area contributed by atoms with E-state index in [1.165, 1.54) is 40.2 Å². The Bertz CT molecular complexity index is 1380. The minimum atomic E-state index is -1.16. The standard InChI is InChI=1S/C27H27Cl2N3O6S4/c28-17-2-3-19(29)20(12-17)41-15-21(33)30-23-25(36)32-24(27(37)38)16(14-42-26(23)32)13-40-18-4-8-31(9-5-18)7-1-10-39-11-6-22(34)35/h2-5,8-9,12,23,26H,1,6-7,10-11,13-15H2,(H2-,30,33,34,35,37,38)/p+1/t23-,26+/m0/s1. The zero-order valence-electron chi connectivity index (χ0n) is 22.2. The summed E-state index contributed by atoms with van der Waals surface area (Å²) in [6, 6.07) is 8.12. The fourth-order valence-electron chi connectivity index (χ4n) is 4.21. The predicted molar refractivity (Wildman–Crippen MR) is 168 cm³/mol. The van der Waals surface area contributed by atoms with Crippen molar-refractivity contribution in [2.45, 2.75) is 40.6 Å². The zero-order chi connectivity index (χ0) is 30.2. The van der Waals surface area contributed by atoms with Crippen molar-refractivity contribution < 1.29 is 34.0 Å². The molecule has 0 spiro atoms. The summed E-state index contributed by atoms with van der Waals surface area (Å²) in [4.78, 5) is 51.2. The van der Waals surface area contributed by atoms with E-state index in [0.29, 0.717) is 37.8 Å². The molecule has 0 aliphatic carbocycles. The van der Waals surface area contributed by atoms with Gasteiger partial charge < -0.3 is 15.5 Å². The number of aliphatic carboxylic acids is 2. The van der Waals surface area contributed by atoms with Crippen LogP contribution in [0, 0.1) is 0 Å². The fraction of sp³-hybridized carbons (Fsp3) is 0.370. The summed E-state index contributed by atoms with van der Waals surface area (Å²) in [5, 5.41) is 21.9. The summed E-state index contributed by atoms with van der Waals surface area (Å²) < 4.78 is 2.06. The van der Waals surface area contributed by atoms with Gasteiger partial charge >= 0.3 is 11.9 Å². The van der Waals surface area contributed by atoms with Crippen LogP contribution in [0.2, 0.25) is 10.0 Å². The summed E-state index contributed by atoms with van der Waals surface area (Å²) in [6.45, 7) is 0.819. The average Bonchev–Trinajstić information content (AvgIpc) is 2.96. The molecule has 2 aromatic rings. The number of aryl methyl sites for hydroxylation is 1. The molecule has 42 heavy (non-hydrogen) atoms. The van der Waals surface area contributed by atoms with Crippen LogP contribution >= 0.6 is 70.2 Å². The van der Waals surface area contributed by atoms with Crippen molar-refractivity contribution in [1.82, 2.24) is 10.2 Å². The van der Waals surface area contributed by atoms with Gasteiger partial charge in [-0.3, -0.25) is 19.3 Å². The van der Waals surface area contributed by atoms with E-state index < -0.39 is 29.3 Å². The highest BCUT2D eigenvalue weighted by atomic mass is 35.5. The molecule has 0 saturated carbocycles. The van der Waals surface area contributed by atoms with Crippen molar-refractivity contribution in [2.24, 2.45) is 0 Å². The molecule has 2 atom stereocenters. The molecule has 0 bridgehead atoms. The number of pyridine rings is 1. The van der Waals surface area contributed by atoms with Gasteiger partial charge in [-0.1, -0.05) is 23.2 Å². The second-order valence-electron chi connectivity index (χ2n) is 9.25. The Labute approximate surface area is 270 Å². The number of carboxylic acid groups (broad SMARTS) is 2. The van der Waals surface area contributed by atoms with Gasteiger partial charge in [0.05, 0.1) is 17.2 Å². The topological polar surface area (TPSA) is 128 Å². The number of fused-ring (bicyclic) bond motifs is 1. The van der Waals surface area contributed by atoms with Gasteiger partial charge in [-0.25, -0.2) is 9.36 Å². The number of hydrogen-bond acceptors (Lipinski definition) is 8. The number of nitrogens with one attached hydrogen (secondary N) is 1. The van der Waals surface area contributed by atoms with E-state index in [1.807, 2.05) is 24.5 Å². The van der Waals surface area contributed by atoms with Crippen molar-refractivity contribution in [3.8, 4) is 0 Å². The number of β-lactam (4-membered cyclic amide) rings is 1. The number of carbonyl (C=O) groups is 4. The van der Waals surface area contributed by atoms with Crippen molar-refractivity contribution in [3.05, 3.63) is 64.0 Å². The van der Waals surface area contributed by atoms with Crippen LogP contribution in [0.5, 0.6) is 0 Å². The van der Waals surface area contributed by atoms with Crippen LogP contribution in [0.25, 0.3) is 0 Å². The summed E-state index contributed by atoms with van der Waals surface area (Å²) in [6.07, 6.45) is 5.03. The molecule has 0 unspecified atom stereocenters. The molecular formula is C27H28Cl2N3O6S4+. The third kappa shape index (κ3) is 8.76. The Kier molecular flexibility index (Phi) is 12.2. The lowest BCUT2D eigenvalue weighted by Gasteiger charge is -2.49. The number of carboxylic acids is 2. The first kappa shape index (κ1) is 32.9. The number of thioether (sulfide) groups is 4. The predicted octanol–water partition coefficient (Wildman–Crippen LogP) is 4.50. The molecule has 1 aromatic carbocycles. The van der Waals surface area contributed by atoms with Gasteiger partial charge in [-0.2, -0.15) is 11.8 Å². The zero-order valence-corrected chi connectivity index (χ0v) is 26.9. The second kappa shape index (κ2) is 15.6. The molecule has 2 aliphatic heterocycles. The minimum absolute atomic E-state index is 0.00627. The first-order valence-corrected chi connectivity index (χ1v) is 17.8. The van der Waals surface area contributed by atoms with Crippen LogP contribution in [0.4, 0.5) is 0 Å². The molecule has 9 nitrogen and oxygen atoms in total. The lowest BCUT2D eigenvalue weighted by atomic mass is 10.0. The highest BCUT2D eigenvalue weighted by Crippen LogP contribution is 2.41. The number of hydrogen-bond donors (Lipinski definition) is 3. The molecule has 4 rings (SSSR count). The Hall–Kier alpha value is -2.03. The van der Waals surface area contributed by atoms with E-state index >= 15 is 0 Å². The van der Waals surface area contributed by atoms with Gasteiger partial charge in [0.1, 0.15) is 23.7 Å². The molecule has 2 aliphatic rings.